The van der Waals surface area contributed by atoms with Gasteiger partial charge in [0.1, 0.15) is 5.82 Å². The van der Waals surface area contributed by atoms with Gasteiger partial charge in [-0.15, -0.1) is 0 Å². The Labute approximate surface area is 181 Å². The van der Waals surface area contributed by atoms with E-state index in [0.717, 1.165) is 0 Å². The fourth-order valence-electron chi connectivity index (χ4n) is 3.60. The summed E-state index contributed by atoms with van der Waals surface area (Å²) in [6.45, 7) is 9.74. The fourth-order valence-corrected chi connectivity index (χ4v) is 3.60. The topological polar surface area (TPSA) is 97.3 Å². The number of rotatable bonds is 7. The highest BCUT2D eigenvalue weighted by Crippen LogP contribution is 2.24. The van der Waals surface area contributed by atoms with E-state index in [4.69, 9.17) is 0 Å². The van der Waals surface area contributed by atoms with Crippen LogP contribution in [0.3, 0.4) is 0 Å². The molecule has 0 saturated heterocycles. The average Bonchev–Trinajstić information content (AvgIpc) is 2.90. The Morgan fingerprint density at radius 2 is 1.68 bits per heavy atom. The average molecular weight is 429 g/mol. The highest BCUT2D eigenvalue weighted by Gasteiger charge is 2.31. The SMILES string of the molecule is CC(=O)[C@@H](NC(=O)C(=O)c1c(C)c(C(=O)Nc2ccc(F)c(C)c2)c(C)n1C)C(C)C. The van der Waals surface area contributed by atoms with Gasteiger partial charge in [0.2, 0.25) is 0 Å². The molecular formula is C23H28FN3O4. The minimum Gasteiger partial charge on any atom is -0.344 e. The normalized spacial score (nSPS) is 11.9. The van der Waals surface area contributed by atoms with Crippen molar-refractivity contribution < 1.29 is 23.6 Å². The number of hydrogen-bond donors (Lipinski definition) is 2. The van der Waals surface area contributed by atoms with E-state index in [1.807, 2.05) is 0 Å². The smallest absolute Gasteiger partial charge is 0.294 e. The van der Waals surface area contributed by atoms with Crippen LogP contribution in [-0.2, 0) is 16.6 Å². The Morgan fingerprint density at radius 1 is 1.06 bits per heavy atom. The van der Waals surface area contributed by atoms with E-state index >= 15 is 0 Å². The van der Waals surface area contributed by atoms with Gasteiger partial charge in [-0.1, -0.05) is 13.8 Å². The molecule has 0 unspecified atom stereocenters. The Hall–Kier alpha value is -3.29. The minimum atomic E-state index is -0.904. The Kier molecular flexibility index (Phi) is 7.15. The number of anilines is 1. The third kappa shape index (κ3) is 4.90. The molecule has 2 aromatic rings. The number of Topliss-reactive ketones (excluding diaryl/α,β-unsaturated/α-hetero) is 2. The molecule has 0 saturated carbocycles. The monoisotopic (exact) mass is 429 g/mol. The first-order valence-electron chi connectivity index (χ1n) is 9.95. The lowest BCUT2D eigenvalue weighted by Gasteiger charge is -2.19. The van der Waals surface area contributed by atoms with Crippen molar-refractivity contribution in [1.82, 2.24) is 9.88 Å². The van der Waals surface area contributed by atoms with Gasteiger partial charge in [0.05, 0.1) is 17.3 Å². The van der Waals surface area contributed by atoms with Crippen LogP contribution in [0.1, 0.15) is 58.4 Å². The third-order valence-corrected chi connectivity index (χ3v) is 5.39. The van der Waals surface area contributed by atoms with Crippen molar-refractivity contribution in [2.75, 3.05) is 5.32 Å². The molecule has 1 aromatic heterocycles. The van der Waals surface area contributed by atoms with Crippen molar-refractivity contribution in [3.05, 3.63) is 52.1 Å². The molecule has 8 heteroatoms. The maximum absolute atomic E-state index is 13.5. The zero-order chi connectivity index (χ0) is 23.6. The highest BCUT2D eigenvalue weighted by atomic mass is 19.1. The van der Waals surface area contributed by atoms with E-state index in [2.05, 4.69) is 10.6 Å². The van der Waals surface area contributed by atoms with Gasteiger partial charge >= 0.3 is 0 Å². The summed E-state index contributed by atoms with van der Waals surface area (Å²) in [5, 5.41) is 5.19. The van der Waals surface area contributed by atoms with E-state index < -0.39 is 23.6 Å². The number of aromatic nitrogens is 1. The number of nitrogens with zero attached hydrogens (tertiary/aromatic N) is 1. The van der Waals surface area contributed by atoms with Gasteiger partial charge < -0.3 is 15.2 Å². The Morgan fingerprint density at radius 3 is 2.19 bits per heavy atom. The molecular weight excluding hydrogens is 401 g/mol. The largest absolute Gasteiger partial charge is 0.344 e. The maximum atomic E-state index is 13.5. The summed E-state index contributed by atoms with van der Waals surface area (Å²) in [6, 6.07) is 3.44. The molecule has 0 bridgehead atoms. The van der Waals surface area contributed by atoms with Crippen molar-refractivity contribution in [1.29, 1.82) is 0 Å². The van der Waals surface area contributed by atoms with Crippen molar-refractivity contribution in [3.8, 4) is 0 Å². The molecule has 7 nitrogen and oxygen atoms in total. The molecule has 166 valence electrons. The molecule has 2 amide bonds. The predicted octanol–water partition coefficient (Wildman–Crippen LogP) is 3.25. The molecule has 1 aromatic carbocycles. The van der Waals surface area contributed by atoms with Crippen molar-refractivity contribution in [2.45, 2.75) is 47.6 Å². The van der Waals surface area contributed by atoms with Gasteiger partial charge in [0.25, 0.3) is 17.6 Å². The van der Waals surface area contributed by atoms with Crippen molar-refractivity contribution >= 4 is 29.1 Å². The lowest BCUT2D eigenvalue weighted by molar-refractivity contribution is -0.125. The van der Waals surface area contributed by atoms with Gasteiger partial charge in [0.15, 0.2) is 5.78 Å². The number of benzene rings is 1. The lowest BCUT2D eigenvalue weighted by atomic mass is 10.00. The van der Waals surface area contributed by atoms with Gasteiger partial charge in [-0.2, -0.15) is 0 Å². The number of nitrogens with one attached hydrogen (secondary N) is 2. The van der Waals surface area contributed by atoms with Crippen LogP contribution in [0.25, 0.3) is 0 Å². The van der Waals surface area contributed by atoms with Crippen LogP contribution in [0, 0.1) is 32.5 Å². The fraction of sp³-hybridized carbons (Fsp3) is 0.391. The van der Waals surface area contributed by atoms with Gasteiger partial charge in [-0.3, -0.25) is 19.2 Å². The second kappa shape index (κ2) is 9.24. The van der Waals surface area contributed by atoms with Crippen molar-refractivity contribution in [3.63, 3.8) is 0 Å². The number of carbonyl (C=O) groups is 4. The first-order valence-corrected chi connectivity index (χ1v) is 9.95. The molecule has 2 N–H and O–H groups in total. The predicted molar refractivity (Wildman–Crippen MR) is 116 cm³/mol. The number of amides is 2. The molecule has 0 fully saturated rings. The quantitative estimate of drug-likeness (QED) is 0.522. The van der Waals surface area contributed by atoms with Gasteiger partial charge in [0, 0.05) is 18.4 Å². The molecule has 0 aliphatic rings. The van der Waals surface area contributed by atoms with Crippen LogP contribution in [-0.4, -0.2) is 34.0 Å². The lowest BCUT2D eigenvalue weighted by Crippen LogP contribution is -2.46. The third-order valence-electron chi connectivity index (χ3n) is 5.39. The second-order valence-electron chi connectivity index (χ2n) is 8.05. The standard InChI is InChI=1S/C23H28FN3O4/c1-11(2)19(15(6)28)26-23(31)21(29)20-13(4)18(14(5)27(20)7)22(30)25-16-8-9-17(24)12(3)10-16/h8-11,19H,1-7H3,(H,25,30)(H,26,31)/t19-/m0/s1. The first kappa shape index (κ1) is 24.0. The van der Waals surface area contributed by atoms with Crippen LogP contribution in [0.5, 0.6) is 0 Å². The molecule has 1 atom stereocenters. The second-order valence-corrected chi connectivity index (χ2v) is 8.05. The van der Waals surface area contributed by atoms with Crippen LogP contribution in [0.2, 0.25) is 0 Å². The molecule has 1 heterocycles. The highest BCUT2D eigenvalue weighted by molar-refractivity contribution is 6.43. The number of halogens is 1. The van der Waals surface area contributed by atoms with E-state index in [9.17, 15) is 23.6 Å². The van der Waals surface area contributed by atoms with E-state index in [0.29, 0.717) is 22.5 Å². The first-order chi connectivity index (χ1) is 14.4. The van der Waals surface area contributed by atoms with Crippen LogP contribution in [0.15, 0.2) is 18.2 Å². The summed E-state index contributed by atoms with van der Waals surface area (Å²) in [7, 11) is 1.59. The summed E-state index contributed by atoms with van der Waals surface area (Å²) in [5.74, 6) is -3.00. The summed E-state index contributed by atoms with van der Waals surface area (Å²) in [6.07, 6.45) is 0. The molecule has 0 spiro atoms. The van der Waals surface area contributed by atoms with E-state index in [1.54, 1.807) is 41.7 Å². The summed E-state index contributed by atoms with van der Waals surface area (Å²) in [5.41, 5.74) is 1.97. The van der Waals surface area contributed by atoms with Crippen LogP contribution in [0.4, 0.5) is 10.1 Å². The van der Waals surface area contributed by atoms with Gasteiger partial charge in [-0.25, -0.2) is 4.39 Å². The van der Waals surface area contributed by atoms with E-state index in [1.165, 1.54) is 29.7 Å². The Balaban J connectivity index is 2.35. The van der Waals surface area contributed by atoms with Crippen LogP contribution >= 0.6 is 0 Å². The van der Waals surface area contributed by atoms with Crippen LogP contribution < -0.4 is 10.6 Å². The molecule has 31 heavy (non-hydrogen) atoms. The number of carbonyl (C=O) groups excluding carboxylic acids is 4. The Bertz CT molecular complexity index is 1070. The summed E-state index contributed by atoms with van der Waals surface area (Å²) >= 11 is 0. The molecule has 0 radical (unpaired) electrons. The zero-order valence-electron chi connectivity index (χ0n) is 18.8. The molecule has 0 aliphatic heterocycles. The van der Waals surface area contributed by atoms with E-state index in [-0.39, 0.29) is 28.8 Å². The summed E-state index contributed by atoms with van der Waals surface area (Å²) < 4.78 is 15.0. The minimum absolute atomic E-state index is 0.0708. The maximum Gasteiger partial charge on any atom is 0.294 e. The van der Waals surface area contributed by atoms with Gasteiger partial charge in [-0.05, 0) is 62.9 Å². The molecule has 2 rings (SSSR count). The number of aryl methyl sites for hydroxylation is 1. The zero-order valence-corrected chi connectivity index (χ0v) is 18.8. The number of ketones is 2. The molecule has 0 aliphatic carbocycles. The van der Waals surface area contributed by atoms with Crippen molar-refractivity contribution in [2.24, 2.45) is 13.0 Å². The number of hydrogen-bond acceptors (Lipinski definition) is 4. The summed E-state index contributed by atoms with van der Waals surface area (Å²) in [4.78, 5) is 50.1.